The van der Waals surface area contributed by atoms with Crippen molar-refractivity contribution in [3.8, 4) is 0 Å². The third-order valence-electron chi connectivity index (χ3n) is 2.28. The van der Waals surface area contributed by atoms with Crippen molar-refractivity contribution < 1.29 is 19.1 Å². The van der Waals surface area contributed by atoms with Crippen LogP contribution in [0.15, 0.2) is 0 Å². The van der Waals surface area contributed by atoms with E-state index in [1.807, 2.05) is 13.8 Å². The molecule has 0 saturated carbocycles. The minimum absolute atomic E-state index is 0. The van der Waals surface area contributed by atoms with Crippen LogP contribution in [0.5, 0.6) is 0 Å². The first-order chi connectivity index (χ1) is 8.20. The van der Waals surface area contributed by atoms with E-state index in [4.69, 9.17) is 9.47 Å². The molecule has 0 atom stereocenters. The molecule has 0 radical (unpaired) electrons. The van der Waals surface area contributed by atoms with Gasteiger partial charge in [-0.05, 0) is 19.3 Å². The lowest BCUT2D eigenvalue weighted by atomic mass is 10.2. The summed E-state index contributed by atoms with van der Waals surface area (Å²) in [5.74, 6) is -0.445. The highest BCUT2D eigenvalue weighted by molar-refractivity contribution is 8.93. The summed E-state index contributed by atoms with van der Waals surface area (Å²) in [4.78, 5) is 22.4. The molecule has 0 aliphatic rings. The van der Waals surface area contributed by atoms with Crippen LogP contribution in [0, 0.1) is 0 Å². The zero-order chi connectivity index (χ0) is 12.9. The van der Waals surface area contributed by atoms with Gasteiger partial charge in [-0.2, -0.15) is 0 Å². The second-order valence-electron chi connectivity index (χ2n) is 4.00. The minimum atomic E-state index is -0.222. The number of hydrogen-bond acceptors (Lipinski definition) is 4. The van der Waals surface area contributed by atoms with E-state index in [0.717, 1.165) is 25.7 Å². The first-order valence-corrected chi connectivity index (χ1v) is 6.52. The summed E-state index contributed by atoms with van der Waals surface area (Å²) < 4.78 is 9.94. The second kappa shape index (κ2) is 14.5. The number of ether oxygens (including phenoxy) is 2. The van der Waals surface area contributed by atoms with E-state index in [1.54, 1.807) is 0 Å². The molecule has 0 heterocycles. The maximum absolute atomic E-state index is 11.2. The van der Waals surface area contributed by atoms with Crippen LogP contribution in [-0.4, -0.2) is 25.2 Å². The summed E-state index contributed by atoms with van der Waals surface area (Å²) in [6, 6.07) is 0. The Bertz CT molecular complexity index is 197. The van der Waals surface area contributed by atoms with E-state index in [-0.39, 0.29) is 28.9 Å². The van der Waals surface area contributed by atoms with Gasteiger partial charge in [0, 0.05) is 12.8 Å². The summed E-state index contributed by atoms with van der Waals surface area (Å²) in [6.07, 6.45) is 4.92. The molecule has 0 unspecified atom stereocenters. The molecular weight excluding hydrogens is 300 g/mol. The van der Waals surface area contributed by atoms with Crippen LogP contribution in [0.4, 0.5) is 0 Å². The minimum Gasteiger partial charge on any atom is -0.466 e. The Morgan fingerprint density at radius 3 is 1.50 bits per heavy atom. The number of rotatable bonds is 10. The van der Waals surface area contributed by atoms with Gasteiger partial charge in [-0.25, -0.2) is 0 Å². The molecule has 0 fully saturated rings. The third-order valence-corrected chi connectivity index (χ3v) is 2.28. The Labute approximate surface area is 120 Å². The van der Waals surface area contributed by atoms with Gasteiger partial charge in [0.05, 0.1) is 13.2 Å². The summed E-state index contributed by atoms with van der Waals surface area (Å²) in [5.41, 5.74) is 0. The van der Waals surface area contributed by atoms with Crippen LogP contribution in [0.3, 0.4) is 0 Å². The fourth-order valence-corrected chi connectivity index (χ4v) is 1.18. The van der Waals surface area contributed by atoms with Crippen LogP contribution in [-0.2, 0) is 19.1 Å². The largest absolute Gasteiger partial charge is 0.466 e. The highest BCUT2D eigenvalue weighted by atomic mass is 79.9. The number of hydrogen-bond donors (Lipinski definition) is 0. The predicted molar refractivity (Wildman–Crippen MR) is 75.9 cm³/mol. The highest BCUT2D eigenvalue weighted by Crippen LogP contribution is 2.01. The smallest absolute Gasteiger partial charge is 0.305 e. The summed E-state index contributed by atoms with van der Waals surface area (Å²) in [5, 5.41) is 0. The van der Waals surface area contributed by atoms with Crippen molar-refractivity contribution in [1.82, 2.24) is 0 Å². The molecule has 0 spiro atoms. The molecule has 5 heteroatoms. The molecule has 0 bridgehead atoms. The summed E-state index contributed by atoms with van der Waals surface area (Å²) in [7, 11) is 0. The second-order valence-corrected chi connectivity index (χ2v) is 4.00. The van der Waals surface area contributed by atoms with E-state index in [0.29, 0.717) is 32.5 Å². The number of esters is 2. The molecule has 0 aromatic carbocycles. The average molecular weight is 325 g/mol. The van der Waals surface area contributed by atoms with Crippen molar-refractivity contribution in [2.45, 2.75) is 58.8 Å². The predicted octanol–water partition coefficient (Wildman–Crippen LogP) is 3.42. The van der Waals surface area contributed by atoms with Crippen LogP contribution in [0.2, 0.25) is 0 Å². The summed E-state index contributed by atoms with van der Waals surface area (Å²) >= 11 is 0. The monoisotopic (exact) mass is 324 g/mol. The number of carbonyl (C=O) groups is 2. The van der Waals surface area contributed by atoms with Gasteiger partial charge in [-0.15, -0.1) is 17.0 Å². The molecule has 0 amide bonds. The fraction of sp³-hybridized carbons (Fsp3) is 0.846. The quantitative estimate of drug-likeness (QED) is 0.456. The number of halogens is 1. The van der Waals surface area contributed by atoms with Gasteiger partial charge in [0.1, 0.15) is 0 Å². The Hall–Kier alpha value is -0.580. The standard InChI is InChI=1S/C13H24O4.BrH/c1-3-5-10-16-12(14)8-7-9-13(15)17-11-6-4-2;/h3-11H2,1-2H3;1H. The zero-order valence-corrected chi connectivity index (χ0v) is 13.1. The molecule has 0 aromatic heterocycles. The molecular formula is C13H25BrO4. The van der Waals surface area contributed by atoms with Crippen LogP contribution < -0.4 is 0 Å². The Morgan fingerprint density at radius 2 is 1.17 bits per heavy atom. The Morgan fingerprint density at radius 1 is 0.778 bits per heavy atom. The molecule has 0 rings (SSSR count). The highest BCUT2D eigenvalue weighted by Gasteiger charge is 2.06. The first kappa shape index (κ1) is 19.8. The lowest BCUT2D eigenvalue weighted by Crippen LogP contribution is -2.09. The Balaban J connectivity index is 0. The van der Waals surface area contributed by atoms with Gasteiger partial charge >= 0.3 is 11.9 Å². The van der Waals surface area contributed by atoms with Crippen LogP contribution in [0.1, 0.15) is 58.8 Å². The van der Waals surface area contributed by atoms with E-state index >= 15 is 0 Å². The first-order valence-electron chi connectivity index (χ1n) is 6.52. The lowest BCUT2D eigenvalue weighted by molar-refractivity contribution is -0.145. The molecule has 0 aromatic rings. The van der Waals surface area contributed by atoms with Crippen molar-refractivity contribution in [3.63, 3.8) is 0 Å². The van der Waals surface area contributed by atoms with Gasteiger partial charge in [-0.3, -0.25) is 9.59 Å². The molecule has 18 heavy (non-hydrogen) atoms. The lowest BCUT2D eigenvalue weighted by Gasteiger charge is -2.04. The van der Waals surface area contributed by atoms with Gasteiger partial charge < -0.3 is 9.47 Å². The van der Waals surface area contributed by atoms with E-state index < -0.39 is 0 Å². The van der Waals surface area contributed by atoms with Gasteiger partial charge in [0.25, 0.3) is 0 Å². The van der Waals surface area contributed by atoms with E-state index in [2.05, 4.69) is 0 Å². The van der Waals surface area contributed by atoms with Gasteiger partial charge in [0.15, 0.2) is 0 Å². The SMILES string of the molecule is Br.CCCCOC(=O)CCCC(=O)OCCCC. The maximum Gasteiger partial charge on any atom is 0.305 e. The molecule has 0 aliphatic heterocycles. The van der Waals surface area contributed by atoms with Gasteiger partial charge in [-0.1, -0.05) is 26.7 Å². The third kappa shape index (κ3) is 13.5. The Kier molecular flexibility index (Phi) is 15.9. The molecule has 4 nitrogen and oxygen atoms in total. The van der Waals surface area contributed by atoms with Crippen LogP contribution in [0.25, 0.3) is 0 Å². The topological polar surface area (TPSA) is 52.6 Å². The molecule has 0 saturated heterocycles. The average Bonchev–Trinajstić information content (AvgIpc) is 2.30. The molecule has 108 valence electrons. The molecule has 0 aliphatic carbocycles. The normalized spacial score (nSPS) is 9.44. The summed E-state index contributed by atoms with van der Waals surface area (Å²) in [6.45, 7) is 5.05. The van der Waals surface area contributed by atoms with Crippen molar-refractivity contribution >= 4 is 28.9 Å². The number of carbonyl (C=O) groups excluding carboxylic acids is 2. The fourth-order valence-electron chi connectivity index (χ4n) is 1.18. The van der Waals surface area contributed by atoms with Crippen molar-refractivity contribution in [3.05, 3.63) is 0 Å². The van der Waals surface area contributed by atoms with E-state index in [9.17, 15) is 9.59 Å². The number of unbranched alkanes of at least 4 members (excludes halogenated alkanes) is 2. The van der Waals surface area contributed by atoms with Crippen molar-refractivity contribution in [2.75, 3.05) is 13.2 Å². The van der Waals surface area contributed by atoms with Crippen LogP contribution >= 0.6 is 17.0 Å². The van der Waals surface area contributed by atoms with Gasteiger partial charge in [0.2, 0.25) is 0 Å². The molecule has 0 N–H and O–H groups in total. The van der Waals surface area contributed by atoms with Crippen molar-refractivity contribution in [2.24, 2.45) is 0 Å². The maximum atomic E-state index is 11.2. The van der Waals surface area contributed by atoms with E-state index in [1.165, 1.54) is 0 Å². The van der Waals surface area contributed by atoms with Crippen molar-refractivity contribution in [1.29, 1.82) is 0 Å². The zero-order valence-electron chi connectivity index (χ0n) is 11.4.